The van der Waals surface area contributed by atoms with Gasteiger partial charge in [0, 0.05) is 32.4 Å². The molecule has 1 unspecified atom stereocenters. The van der Waals surface area contributed by atoms with E-state index in [0.29, 0.717) is 23.1 Å². The smallest absolute Gasteiger partial charge is 0.275 e. The maximum atomic E-state index is 14.2. The lowest BCUT2D eigenvalue weighted by molar-refractivity contribution is 0.0211. The quantitative estimate of drug-likeness (QED) is 0.583. The molecule has 5 heterocycles. The van der Waals surface area contributed by atoms with E-state index in [2.05, 4.69) is 15.3 Å². The van der Waals surface area contributed by atoms with Crippen molar-refractivity contribution in [2.24, 2.45) is 7.05 Å². The lowest BCUT2D eigenvalue weighted by Crippen LogP contribution is -2.51. The number of hydrazine groups is 1. The van der Waals surface area contributed by atoms with Gasteiger partial charge in [-0.25, -0.2) is 33.2 Å². The summed E-state index contributed by atoms with van der Waals surface area (Å²) in [4.78, 5) is 22.7. The van der Waals surface area contributed by atoms with E-state index in [4.69, 9.17) is 0 Å². The van der Waals surface area contributed by atoms with Gasteiger partial charge in [-0.2, -0.15) is 0 Å². The standard InChI is InChI=1S/C24H23F3N6O/c1-31-11-29-20-14(6-7-28-23(20)31)24(34)33-22-15(10-13-4-3-5-18(22)30-13)21(32(33)2)12-8-16(25)19(27)17(26)9-12/h6-9,11,13,18,21,30H,3-5,10H2,1-2H3/t13-,18+,21?/m1/s1. The van der Waals surface area contributed by atoms with Crippen molar-refractivity contribution in [1.29, 1.82) is 0 Å². The van der Waals surface area contributed by atoms with Gasteiger partial charge < -0.3 is 9.88 Å². The van der Waals surface area contributed by atoms with Gasteiger partial charge in [-0.3, -0.25) is 4.79 Å². The Bertz CT molecular complexity index is 1340. The van der Waals surface area contributed by atoms with E-state index in [1.807, 2.05) is 0 Å². The molecule has 1 fully saturated rings. The van der Waals surface area contributed by atoms with Crippen molar-refractivity contribution in [2.75, 3.05) is 7.05 Å². The molecule has 3 atom stereocenters. The molecule has 6 rings (SSSR count). The Balaban J connectivity index is 1.51. The molecule has 2 aromatic heterocycles. The SMILES string of the molecule is CN1C(c2cc(F)c(F)c(F)c2)C2=C([C@@H]3CCC[C@H](C2)N3)N1C(=O)c1ccnc2c1ncn2C. The molecule has 1 aromatic carbocycles. The van der Waals surface area contributed by atoms with Crippen molar-refractivity contribution in [3.63, 3.8) is 0 Å². The highest BCUT2D eigenvalue weighted by Crippen LogP contribution is 2.47. The molecule has 34 heavy (non-hydrogen) atoms. The summed E-state index contributed by atoms with van der Waals surface area (Å²) in [6.07, 6.45) is 6.67. The number of aromatic nitrogens is 3. The minimum atomic E-state index is -1.50. The monoisotopic (exact) mass is 468 g/mol. The van der Waals surface area contributed by atoms with E-state index in [1.165, 1.54) is 0 Å². The largest absolute Gasteiger partial charge is 0.318 e. The number of pyridine rings is 1. The molecule has 0 aliphatic carbocycles. The van der Waals surface area contributed by atoms with Crippen LogP contribution in [0.5, 0.6) is 0 Å². The molecule has 1 N–H and O–H groups in total. The van der Waals surface area contributed by atoms with E-state index >= 15 is 0 Å². The summed E-state index contributed by atoms with van der Waals surface area (Å²) in [6.45, 7) is 0. The van der Waals surface area contributed by atoms with Gasteiger partial charge in [0.15, 0.2) is 23.1 Å². The number of amides is 1. The molecule has 1 amide bonds. The van der Waals surface area contributed by atoms with Crippen molar-refractivity contribution >= 4 is 17.1 Å². The Morgan fingerprint density at radius 3 is 2.65 bits per heavy atom. The van der Waals surface area contributed by atoms with Crippen molar-refractivity contribution in [2.45, 2.75) is 43.8 Å². The van der Waals surface area contributed by atoms with Gasteiger partial charge in [0.05, 0.1) is 23.6 Å². The van der Waals surface area contributed by atoms with Crippen LogP contribution in [0, 0.1) is 17.5 Å². The van der Waals surface area contributed by atoms with Gasteiger partial charge in [-0.15, -0.1) is 0 Å². The number of piperidine rings is 1. The third kappa shape index (κ3) is 3.01. The normalized spacial score (nSPS) is 24.7. The van der Waals surface area contributed by atoms with Crippen LogP contribution < -0.4 is 5.32 Å². The molecule has 7 nitrogen and oxygen atoms in total. The highest BCUT2D eigenvalue weighted by Gasteiger charge is 2.48. The number of nitrogens with zero attached hydrogens (tertiary/aromatic N) is 5. The average molecular weight is 468 g/mol. The number of nitrogens with one attached hydrogen (secondary N) is 1. The Labute approximate surface area is 193 Å². The third-order valence-electron chi connectivity index (χ3n) is 7.20. The number of aryl methyl sites for hydroxylation is 1. The van der Waals surface area contributed by atoms with E-state index in [-0.39, 0.29) is 23.6 Å². The number of hydrogen-bond donors (Lipinski definition) is 1. The number of rotatable bonds is 2. The first-order valence-electron chi connectivity index (χ1n) is 11.3. The van der Waals surface area contributed by atoms with Crippen LogP contribution in [0.25, 0.3) is 11.2 Å². The Morgan fingerprint density at radius 1 is 1.12 bits per heavy atom. The second kappa shape index (κ2) is 7.64. The van der Waals surface area contributed by atoms with Gasteiger partial charge in [-0.1, -0.05) is 0 Å². The van der Waals surface area contributed by atoms with Crippen LogP contribution in [0.2, 0.25) is 0 Å². The minimum absolute atomic E-state index is 0.0601. The second-order valence-corrected chi connectivity index (χ2v) is 9.24. The number of carbonyl (C=O) groups is 1. The number of imidazole rings is 1. The predicted molar refractivity (Wildman–Crippen MR) is 118 cm³/mol. The Morgan fingerprint density at radius 2 is 1.88 bits per heavy atom. The molecule has 2 bridgehead atoms. The van der Waals surface area contributed by atoms with Crippen molar-refractivity contribution in [3.8, 4) is 0 Å². The number of benzene rings is 1. The summed E-state index contributed by atoms with van der Waals surface area (Å²) in [6, 6.07) is 3.27. The zero-order chi connectivity index (χ0) is 23.7. The van der Waals surface area contributed by atoms with Crippen LogP contribution in [-0.4, -0.2) is 49.6 Å². The zero-order valence-corrected chi connectivity index (χ0v) is 18.7. The van der Waals surface area contributed by atoms with Crippen LogP contribution in [0.3, 0.4) is 0 Å². The van der Waals surface area contributed by atoms with Crippen LogP contribution in [0.4, 0.5) is 13.2 Å². The van der Waals surface area contributed by atoms with Gasteiger partial charge in [0.2, 0.25) is 0 Å². The summed E-state index contributed by atoms with van der Waals surface area (Å²) in [5.74, 6) is -4.27. The van der Waals surface area contributed by atoms with E-state index in [9.17, 15) is 18.0 Å². The highest BCUT2D eigenvalue weighted by molar-refractivity contribution is 6.04. The molecule has 3 aliphatic rings. The van der Waals surface area contributed by atoms with Crippen LogP contribution in [0.15, 0.2) is 42.0 Å². The molecular formula is C24H23F3N6O. The van der Waals surface area contributed by atoms with Gasteiger partial charge in [-0.05, 0) is 55.0 Å². The topological polar surface area (TPSA) is 66.3 Å². The zero-order valence-electron chi connectivity index (χ0n) is 18.7. The molecule has 3 aliphatic heterocycles. The Hall–Kier alpha value is -3.24. The maximum absolute atomic E-state index is 14.2. The van der Waals surface area contributed by atoms with E-state index < -0.39 is 23.5 Å². The highest BCUT2D eigenvalue weighted by atomic mass is 19.2. The van der Waals surface area contributed by atoms with E-state index in [0.717, 1.165) is 42.7 Å². The number of hydrogen-bond acceptors (Lipinski definition) is 5. The summed E-state index contributed by atoms with van der Waals surface area (Å²) >= 11 is 0. The van der Waals surface area contributed by atoms with Crippen molar-refractivity contribution < 1.29 is 18.0 Å². The molecule has 0 radical (unpaired) electrons. The number of likely N-dealkylation sites (N-methyl/N-ethyl adjacent to an activating group) is 1. The summed E-state index contributed by atoms with van der Waals surface area (Å²) in [5, 5.41) is 6.91. The summed E-state index contributed by atoms with van der Waals surface area (Å²) < 4.78 is 43.9. The molecule has 10 heteroatoms. The fraction of sp³-hybridized carbons (Fsp3) is 0.375. The second-order valence-electron chi connectivity index (χ2n) is 9.24. The van der Waals surface area contributed by atoms with Gasteiger partial charge in [0.25, 0.3) is 5.91 Å². The van der Waals surface area contributed by atoms with Crippen LogP contribution in [0.1, 0.15) is 47.6 Å². The summed E-state index contributed by atoms with van der Waals surface area (Å²) in [5.41, 5.74) is 3.47. The lowest BCUT2D eigenvalue weighted by Gasteiger charge is -2.39. The first-order chi connectivity index (χ1) is 16.3. The molecule has 0 saturated carbocycles. The van der Waals surface area contributed by atoms with Gasteiger partial charge >= 0.3 is 0 Å². The third-order valence-corrected chi connectivity index (χ3v) is 7.20. The fourth-order valence-corrected chi connectivity index (χ4v) is 5.75. The molecule has 1 saturated heterocycles. The maximum Gasteiger partial charge on any atom is 0.275 e. The van der Waals surface area contributed by atoms with E-state index in [1.54, 1.807) is 47.3 Å². The van der Waals surface area contributed by atoms with Crippen LogP contribution in [-0.2, 0) is 7.05 Å². The van der Waals surface area contributed by atoms with Crippen molar-refractivity contribution in [1.82, 2.24) is 29.9 Å². The van der Waals surface area contributed by atoms with Crippen molar-refractivity contribution in [3.05, 3.63) is 70.6 Å². The number of fused-ring (bicyclic) bond motifs is 4. The van der Waals surface area contributed by atoms with Crippen LogP contribution >= 0.6 is 0 Å². The fourth-order valence-electron chi connectivity index (χ4n) is 5.75. The predicted octanol–water partition coefficient (Wildman–Crippen LogP) is 3.60. The molecular weight excluding hydrogens is 445 g/mol. The average Bonchev–Trinajstić information content (AvgIpc) is 3.34. The first-order valence-corrected chi connectivity index (χ1v) is 11.3. The van der Waals surface area contributed by atoms with Gasteiger partial charge in [0.1, 0.15) is 5.52 Å². The first kappa shape index (κ1) is 21.3. The molecule has 176 valence electrons. The molecule has 0 spiro atoms. The number of carbonyl (C=O) groups excluding carboxylic acids is 1. The number of halogens is 3. The molecule has 3 aromatic rings. The Kier molecular flexibility index (Phi) is 4.79. The lowest BCUT2D eigenvalue weighted by atomic mass is 9.81. The minimum Gasteiger partial charge on any atom is -0.318 e. The summed E-state index contributed by atoms with van der Waals surface area (Å²) in [7, 11) is 3.53.